The van der Waals surface area contributed by atoms with Gasteiger partial charge in [0.25, 0.3) is 27.8 Å². The van der Waals surface area contributed by atoms with E-state index in [0.717, 1.165) is 96.3 Å². The Balaban J connectivity index is 0.000000170. The van der Waals surface area contributed by atoms with Crippen molar-refractivity contribution >= 4 is 34.8 Å². The molecule has 5 saturated carbocycles. The summed E-state index contributed by atoms with van der Waals surface area (Å²) in [5.41, 5.74) is 16.1. The van der Waals surface area contributed by atoms with Gasteiger partial charge in [-0.25, -0.2) is 9.59 Å². The first-order chi connectivity index (χ1) is 40.2. The van der Waals surface area contributed by atoms with E-state index in [0.29, 0.717) is 17.1 Å². The molecule has 10 rings (SSSR count). The van der Waals surface area contributed by atoms with E-state index >= 15 is 0 Å². The van der Waals surface area contributed by atoms with Crippen molar-refractivity contribution in [2.45, 2.75) is 183 Å². The summed E-state index contributed by atoms with van der Waals surface area (Å²) in [7, 11) is 8.37. The molecule has 23 heteroatoms. The molecule has 0 radical (unpaired) electrons. The van der Waals surface area contributed by atoms with Crippen LogP contribution in [0.5, 0.6) is 0 Å². The number of anilines is 4. The van der Waals surface area contributed by atoms with Crippen LogP contribution in [0.2, 0.25) is 0 Å². The van der Waals surface area contributed by atoms with Crippen LogP contribution in [0.1, 0.15) is 158 Å². The van der Waals surface area contributed by atoms with Crippen molar-refractivity contribution in [3.8, 4) is 0 Å². The third kappa shape index (κ3) is 16.7. The first-order valence-electron chi connectivity index (χ1n) is 28.9. The number of aromatic nitrogens is 5. The number of hydrogen-bond donors (Lipinski definition) is 5. The van der Waals surface area contributed by atoms with Gasteiger partial charge in [-0.3, -0.25) is 29.3 Å². The molecule has 0 aromatic carbocycles. The van der Waals surface area contributed by atoms with E-state index in [9.17, 15) is 33.6 Å². The van der Waals surface area contributed by atoms with E-state index in [1.54, 1.807) is 142 Å². The molecular weight excluding hydrogens is 1080 g/mol. The largest absolute Gasteiger partial charge is 0.477 e. The number of rotatable bonds is 12. The highest BCUT2D eigenvalue weighted by Gasteiger charge is 2.34. The molecule has 5 heterocycles. The van der Waals surface area contributed by atoms with Crippen LogP contribution in [0.25, 0.3) is 0 Å². The van der Waals surface area contributed by atoms with Crippen molar-refractivity contribution < 1.29 is 43.1 Å². The van der Waals surface area contributed by atoms with Gasteiger partial charge >= 0.3 is 12.1 Å². The van der Waals surface area contributed by atoms with E-state index in [1.165, 1.54) is 10.6 Å². The fraction of sp³-hybridized carbons (Fsp3) is 0.557. The molecule has 0 spiro atoms. The minimum atomic E-state index is -1.18. The molecule has 10 atom stereocenters. The maximum absolute atomic E-state index is 12.6. The average molecular weight is 1170 g/mol. The summed E-state index contributed by atoms with van der Waals surface area (Å²) in [6.07, 6.45) is 23.5. The highest BCUT2D eigenvalue weighted by Crippen LogP contribution is 2.35. The number of nitrogens with one attached hydrogen (secondary N) is 1. The molecule has 8 N–H and O–H groups in total. The average Bonchev–Trinajstić information content (AvgIpc) is 4.25. The second kappa shape index (κ2) is 31.0. The maximum Gasteiger partial charge on any atom is 0.412 e. The minimum absolute atomic E-state index is 0.00301. The van der Waals surface area contributed by atoms with Gasteiger partial charge in [-0.05, 0) is 178 Å². The lowest BCUT2D eigenvalue weighted by atomic mass is 10.2. The molecule has 5 aromatic rings. The number of carboxylic acid groups (broad SMARTS) is 1. The first kappa shape index (κ1) is 65.8. The number of nitrogens with two attached hydrogens (primary N) is 3. The van der Waals surface area contributed by atoms with Crippen molar-refractivity contribution in [2.75, 3.05) is 58.1 Å². The molecule has 0 bridgehead atoms. The molecule has 84 heavy (non-hydrogen) atoms. The Hall–Kier alpha value is -7.31. The lowest BCUT2D eigenvalue weighted by Gasteiger charge is -2.22. The Morgan fingerprint density at radius 2 is 0.714 bits per heavy atom. The maximum atomic E-state index is 12.6. The lowest BCUT2D eigenvalue weighted by molar-refractivity contribution is 0.0632. The second-order valence-corrected chi connectivity index (χ2v) is 22.6. The minimum Gasteiger partial charge on any atom is -0.477 e. The van der Waals surface area contributed by atoms with Gasteiger partial charge in [-0.15, -0.1) is 0 Å². The van der Waals surface area contributed by atoms with Gasteiger partial charge in [0.2, 0.25) is 0 Å². The summed E-state index contributed by atoms with van der Waals surface area (Å²) in [6.45, 7) is 5.33. The standard InChI is InChI=1S/C16H24N2O4.C12H15NO4.3C11H16N2O2/c1-16(2,3)22-15(20)17-11-7-6-10-18(14(11)19)12-8-5-9-13(12)21-4;1-17-10-6-2-5-9(10)13-7-3-4-8(11(13)14)12(15)16;3*1-15-10-6-2-5-9(10)13-7-3-4-8(12)11(13)14/h6-7,10,12-13H,5,8-9H2,1-4H3,(H,17,20);3-4,7,9-10H,2,5-6H2,1H3,(H,15,16);3*3-4,7,9-10H,2,5-6,12H2,1H3/t12?,13-;2*9?,10-;2*9-,10-/m11110/s1. The fourth-order valence-corrected chi connectivity index (χ4v) is 12.1. The summed E-state index contributed by atoms with van der Waals surface area (Å²) in [4.78, 5) is 82.7. The van der Waals surface area contributed by atoms with Crippen LogP contribution in [-0.2, 0) is 28.4 Å². The molecule has 460 valence electrons. The highest BCUT2D eigenvalue weighted by molar-refractivity contribution is 5.87. The SMILES string of the molecule is CO[C@@H]1CCCC1n1cccc(C(=O)O)c1=O.CO[C@@H]1CCCC1n1cccc(N)c1=O.CO[C@@H]1CCCC1n1cccc(NC(=O)OC(C)(C)C)c1=O.CO[C@@H]1CCC[C@H]1n1cccc(N)c1=O.CO[C@H]1CCC[C@@H]1n1cccc(N)c1=O. The summed E-state index contributed by atoms with van der Waals surface area (Å²) in [6, 6.07) is 17.0. The number of ether oxygens (including phenoxy) is 6. The van der Waals surface area contributed by atoms with Gasteiger partial charge in [0, 0.05) is 66.5 Å². The zero-order valence-corrected chi connectivity index (χ0v) is 49.8. The zero-order chi connectivity index (χ0) is 61.3. The van der Waals surface area contributed by atoms with Crippen molar-refractivity contribution in [1.29, 1.82) is 0 Å². The molecule has 0 saturated heterocycles. The number of aromatic carboxylic acids is 1. The number of carbonyl (C=O) groups excluding carboxylic acids is 1. The summed E-state index contributed by atoms with van der Waals surface area (Å²) >= 11 is 0. The quantitative estimate of drug-likeness (QED) is 0.0798. The van der Waals surface area contributed by atoms with Gasteiger partial charge in [0.15, 0.2) is 0 Å². The van der Waals surface area contributed by atoms with Gasteiger partial charge in [0.05, 0.1) is 77.8 Å². The fourth-order valence-electron chi connectivity index (χ4n) is 12.1. The Kier molecular flexibility index (Phi) is 24.3. The third-order valence-electron chi connectivity index (χ3n) is 16.2. The van der Waals surface area contributed by atoms with Gasteiger partial charge in [0.1, 0.15) is 16.9 Å². The summed E-state index contributed by atoms with van der Waals surface area (Å²) in [5.74, 6) is -1.18. The Morgan fingerprint density at radius 3 is 1.00 bits per heavy atom. The molecule has 23 nitrogen and oxygen atoms in total. The van der Waals surface area contributed by atoms with Crippen LogP contribution < -0.4 is 50.3 Å². The highest BCUT2D eigenvalue weighted by atomic mass is 16.6. The van der Waals surface area contributed by atoms with Gasteiger partial charge in [-0.1, -0.05) is 0 Å². The number of carbonyl (C=O) groups is 2. The lowest BCUT2D eigenvalue weighted by Crippen LogP contribution is -2.33. The zero-order valence-electron chi connectivity index (χ0n) is 49.8. The summed E-state index contributed by atoms with van der Waals surface area (Å²) < 4.78 is 40.3. The smallest absolute Gasteiger partial charge is 0.412 e. The van der Waals surface area contributed by atoms with Crippen LogP contribution in [0.3, 0.4) is 0 Å². The van der Waals surface area contributed by atoms with E-state index < -0.39 is 23.2 Å². The third-order valence-corrected chi connectivity index (χ3v) is 16.2. The number of pyridine rings is 5. The molecule has 5 aliphatic rings. The number of nitrogens with zero attached hydrogens (tertiary/aromatic N) is 5. The number of amides is 1. The van der Waals surface area contributed by atoms with Crippen LogP contribution in [-0.4, -0.2) is 112 Å². The van der Waals surface area contributed by atoms with E-state index in [-0.39, 0.29) is 94.2 Å². The topological polar surface area (TPSA) is 310 Å². The van der Waals surface area contributed by atoms with E-state index in [2.05, 4.69) is 5.32 Å². The predicted octanol–water partition coefficient (Wildman–Crippen LogP) is 7.73. The number of nitrogen functional groups attached to an aromatic ring is 3. The number of hydrogen-bond acceptors (Lipinski definition) is 16. The van der Waals surface area contributed by atoms with Crippen LogP contribution in [0.15, 0.2) is 116 Å². The molecule has 5 aromatic heterocycles. The Labute approximate surface area is 489 Å². The van der Waals surface area contributed by atoms with Crippen LogP contribution >= 0.6 is 0 Å². The van der Waals surface area contributed by atoms with Crippen molar-refractivity contribution in [1.82, 2.24) is 22.8 Å². The van der Waals surface area contributed by atoms with Crippen molar-refractivity contribution in [3.05, 3.63) is 149 Å². The molecular formula is C61H87N9O14. The predicted molar refractivity (Wildman–Crippen MR) is 322 cm³/mol. The number of carboxylic acids is 1. The van der Waals surface area contributed by atoms with Crippen LogP contribution in [0, 0.1) is 0 Å². The molecule has 3 unspecified atom stereocenters. The Bertz CT molecular complexity index is 3070. The van der Waals surface area contributed by atoms with E-state index in [1.807, 2.05) is 18.2 Å². The number of methoxy groups -OCH3 is 5. The first-order valence-corrected chi connectivity index (χ1v) is 28.9. The molecule has 5 fully saturated rings. The van der Waals surface area contributed by atoms with Crippen molar-refractivity contribution in [3.63, 3.8) is 0 Å². The summed E-state index contributed by atoms with van der Waals surface area (Å²) in [5, 5.41) is 11.4. The van der Waals surface area contributed by atoms with Crippen molar-refractivity contribution in [2.24, 2.45) is 0 Å². The molecule has 5 aliphatic carbocycles. The van der Waals surface area contributed by atoms with E-state index in [4.69, 9.17) is 50.7 Å². The van der Waals surface area contributed by atoms with Gasteiger partial charge < -0.3 is 73.6 Å². The molecule has 1 amide bonds. The second-order valence-electron chi connectivity index (χ2n) is 22.6. The normalized spacial score (nSPS) is 24.2. The van der Waals surface area contributed by atoms with Gasteiger partial charge in [-0.2, -0.15) is 0 Å². The monoisotopic (exact) mass is 1170 g/mol. The van der Waals surface area contributed by atoms with Crippen LogP contribution in [0.4, 0.5) is 27.5 Å². The Morgan fingerprint density at radius 1 is 0.440 bits per heavy atom. The molecule has 0 aliphatic heterocycles.